The number of benzene rings is 1. The van der Waals surface area contributed by atoms with Crippen LogP contribution in [-0.2, 0) is 13.0 Å². The number of nitrogens with one attached hydrogen (secondary N) is 1. The standard InChI is InChI=1S/C14H16N2O2/c1-10-6-13(18-16-10)9-15-8-12-7-11-4-2-3-5-14(11)17-12/h2-6,12,15H,7-9H2,1H3. The lowest BCUT2D eigenvalue weighted by Gasteiger charge is -2.10. The van der Waals surface area contributed by atoms with E-state index in [2.05, 4.69) is 22.6 Å². The number of nitrogens with zero attached hydrogens (tertiary/aromatic N) is 1. The lowest BCUT2D eigenvalue weighted by Crippen LogP contribution is -2.29. The average Bonchev–Trinajstić information content (AvgIpc) is 2.95. The number of hydrogen-bond acceptors (Lipinski definition) is 4. The van der Waals surface area contributed by atoms with Crippen molar-refractivity contribution in [3.8, 4) is 5.75 Å². The van der Waals surface area contributed by atoms with E-state index in [4.69, 9.17) is 9.26 Å². The van der Waals surface area contributed by atoms with Gasteiger partial charge in [0, 0.05) is 19.0 Å². The van der Waals surface area contributed by atoms with Gasteiger partial charge in [-0.05, 0) is 18.6 Å². The van der Waals surface area contributed by atoms with Gasteiger partial charge in [-0.1, -0.05) is 23.4 Å². The quantitative estimate of drug-likeness (QED) is 0.894. The highest BCUT2D eigenvalue weighted by atomic mass is 16.5. The molecular weight excluding hydrogens is 228 g/mol. The molecule has 1 aliphatic rings. The summed E-state index contributed by atoms with van der Waals surface area (Å²) < 4.78 is 11.0. The molecule has 0 amide bonds. The summed E-state index contributed by atoms with van der Waals surface area (Å²) in [6.07, 6.45) is 1.19. The molecule has 0 saturated heterocycles. The molecule has 2 heterocycles. The molecule has 1 aromatic carbocycles. The topological polar surface area (TPSA) is 47.3 Å². The monoisotopic (exact) mass is 244 g/mol. The third kappa shape index (κ3) is 2.38. The number of ether oxygens (including phenoxy) is 1. The van der Waals surface area contributed by atoms with Crippen LogP contribution in [0.5, 0.6) is 5.75 Å². The summed E-state index contributed by atoms with van der Waals surface area (Å²) in [7, 11) is 0. The Hall–Kier alpha value is -1.81. The van der Waals surface area contributed by atoms with E-state index >= 15 is 0 Å². The molecule has 0 saturated carbocycles. The van der Waals surface area contributed by atoms with Crippen LogP contribution in [0, 0.1) is 6.92 Å². The predicted molar refractivity (Wildman–Crippen MR) is 67.5 cm³/mol. The van der Waals surface area contributed by atoms with Crippen LogP contribution in [0.15, 0.2) is 34.9 Å². The minimum Gasteiger partial charge on any atom is -0.488 e. The van der Waals surface area contributed by atoms with Crippen LogP contribution in [0.2, 0.25) is 0 Å². The van der Waals surface area contributed by atoms with E-state index in [-0.39, 0.29) is 6.10 Å². The second kappa shape index (κ2) is 4.82. The van der Waals surface area contributed by atoms with Gasteiger partial charge in [0.05, 0.1) is 12.2 Å². The first kappa shape index (κ1) is 11.3. The van der Waals surface area contributed by atoms with Crippen molar-refractivity contribution in [2.75, 3.05) is 6.54 Å². The maximum absolute atomic E-state index is 5.84. The van der Waals surface area contributed by atoms with Crippen molar-refractivity contribution in [1.82, 2.24) is 10.5 Å². The highest BCUT2D eigenvalue weighted by Gasteiger charge is 2.21. The summed E-state index contributed by atoms with van der Waals surface area (Å²) in [6.45, 7) is 3.43. The van der Waals surface area contributed by atoms with E-state index in [0.717, 1.165) is 30.2 Å². The molecule has 0 spiro atoms. The third-order valence-electron chi connectivity index (χ3n) is 3.06. The maximum atomic E-state index is 5.84. The number of rotatable bonds is 4. The smallest absolute Gasteiger partial charge is 0.150 e. The minimum atomic E-state index is 0.214. The Balaban J connectivity index is 1.48. The Morgan fingerprint density at radius 3 is 3.06 bits per heavy atom. The minimum absolute atomic E-state index is 0.214. The molecule has 3 rings (SSSR count). The van der Waals surface area contributed by atoms with Crippen molar-refractivity contribution in [1.29, 1.82) is 0 Å². The summed E-state index contributed by atoms with van der Waals surface area (Å²) in [5.41, 5.74) is 2.20. The van der Waals surface area contributed by atoms with Crippen molar-refractivity contribution < 1.29 is 9.26 Å². The zero-order valence-electron chi connectivity index (χ0n) is 10.3. The maximum Gasteiger partial charge on any atom is 0.150 e. The van der Waals surface area contributed by atoms with Crippen LogP contribution in [0.4, 0.5) is 0 Å². The molecule has 1 N–H and O–H groups in total. The zero-order valence-corrected chi connectivity index (χ0v) is 10.3. The van der Waals surface area contributed by atoms with E-state index < -0.39 is 0 Å². The normalized spacial score (nSPS) is 17.5. The lowest BCUT2D eigenvalue weighted by atomic mass is 10.1. The van der Waals surface area contributed by atoms with Crippen molar-refractivity contribution in [2.45, 2.75) is 26.0 Å². The number of aryl methyl sites for hydroxylation is 1. The molecular formula is C14H16N2O2. The average molecular weight is 244 g/mol. The first-order valence-corrected chi connectivity index (χ1v) is 6.19. The molecule has 2 aromatic rings. The molecule has 18 heavy (non-hydrogen) atoms. The molecule has 0 aliphatic carbocycles. The Kier molecular flexibility index (Phi) is 3.02. The number of hydrogen-bond donors (Lipinski definition) is 1. The molecule has 94 valence electrons. The van der Waals surface area contributed by atoms with Crippen molar-refractivity contribution in [3.05, 3.63) is 47.3 Å². The van der Waals surface area contributed by atoms with Gasteiger partial charge in [-0.25, -0.2) is 0 Å². The first-order valence-electron chi connectivity index (χ1n) is 6.19. The fraction of sp³-hybridized carbons (Fsp3) is 0.357. The third-order valence-corrected chi connectivity index (χ3v) is 3.06. The Morgan fingerprint density at radius 2 is 2.28 bits per heavy atom. The molecule has 1 aromatic heterocycles. The molecule has 1 aliphatic heterocycles. The summed E-state index contributed by atoms with van der Waals surface area (Å²) in [5.74, 6) is 1.88. The number of para-hydroxylation sites is 1. The van der Waals surface area contributed by atoms with E-state index in [9.17, 15) is 0 Å². The van der Waals surface area contributed by atoms with Gasteiger partial charge in [0.2, 0.25) is 0 Å². The summed E-state index contributed by atoms with van der Waals surface area (Å²) in [6, 6.07) is 10.1. The second-order valence-corrected chi connectivity index (χ2v) is 4.62. The molecule has 4 nitrogen and oxygen atoms in total. The van der Waals surface area contributed by atoms with E-state index in [0.29, 0.717) is 6.54 Å². The van der Waals surface area contributed by atoms with Gasteiger partial charge < -0.3 is 14.6 Å². The van der Waals surface area contributed by atoms with Crippen LogP contribution in [0.3, 0.4) is 0 Å². The SMILES string of the molecule is Cc1cc(CNCC2Cc3ccccc3O2)on1. The van der Waals surface area contributed by atoms with Crippen LogP contribution in [-0.4, -0.2) is 17.8 Å². The summed E-state index contributed by atoms with van der Waals surface area (Å²) in [4.78, 5) is 0. The van der Waals surface area contributed by atoms with Gasteiger partial charge >= 0.3 is 0 Å². The number of aromatic nitrogens is 1. The van der Waals surface area contributed by atoms with Gasteiger partial charge in [-0.3, -0.25) is 0 Å². The summed E-state index contributed by atoms with van der Waals surface area (Å²) >= 11 is 0. The number of fused-ring (bicyclic) bond motifs is 1. The van der Waals surface area contributed by atoms with Gasteiger partial charge in [0.1, 0.15) is 11.9 Å². The van der Waals surface area contributed by atoms with Gasteiger partial charge in [0.15, 0.2) is 5.76 Å². The second-order valence-electron chi connectivity index (χ2n) is 4.62. The zero-order chi connectivity index (χ0) is 12.4. The van der Waals surface area contributed by atoms with E-state index in [1.54, 1.807) is 0 Å². The Labute approximate surface area is 106 Å². The van der Waals surface area contributed by atoms with Crippen LogP contribution < -0.4 is 10.1 Å². The van der Waals surface area contributed by atoms with Gasteiger partial charge in [-0.15, -0.1) is 0 Å². The molecule has 0 fully saturated rings. The molecule has 1 unspecified atom stereocenters. The molecule has 0 bridgehead atoms. The first-order chi connectivity index (χ1) is 8.81. The van der Waals surface area contributed by atoms with Crippen LogP contribution in [0.1, 0.15) is 17.0 Å². The van der Waals surface area contributed by atoms with E-state index in [1.165, 1.54) is 5.56 Å². The van der Waals surface area contributed by atoms with Crippen LogP contribution >= 0.6 is 0 Å². The predicted octanol–water partition coefficient (Wildman–Crippen LogP) is 2.08. The van der Waals surface area contributed by atoms with Gasteiger partial charge in [0.25, 0.3) is 0 Å². The fourth-order valence-electron chi connectivity index (χ4n) is 2.22. The van der Waals surface area contributed by atoms with Crippen molar-refractivity contribution >= 4 is 0 Å². The lowest BCUT2D eigenvalue weighted by molar-refractivity contribution is 0.225. The molecule has 1 atom stereocenters. The van der Waals surface area contributed by atoms with E-state index in [1.807, 2.05) is 25.1 Å². The Bertz CT molecular complexity index is 511. The van der Waals surface area contributed by atoms with Crippen molar-refractivity contribution in [2.24, 2.45) is 0 Å². The summed E-state index contributed by atoms with van der Waals surface area (Å²) in [5, 5.41) is 7.19. The highest BCUT2D eigenvalue weighted by molar-refractivity contribution is 5.37. The Morgan fingerprint density at radius 1 is 1.39 bits per heavy atom. The van der Waals surface area contributed by atoms with Crippen LogP contribution in [0.25, 0.3) is 0 Å². The molecule has 4 heteroatoms. The van der Waals surface area contributed by atoms with Crippen molar-refractivity contribution in [3.63, 3.8) is 0 Å². The van der Waals surface area contributed by atoms with Gasteiger partial charge in [-0.2, -0.15) is 0 Å². The molecule has 0 radical (unpaired) electrons. The fourth-order valence-corrected chi connectivity index (χ4v) is 2.22. The largest absolute Gasteiger partial charge is 0.488 e. The highest BCUT2D eigenvalue weighted by Crippen LogP contribution is 2.27.